The van der Waals surface area contributed by atoms with Gasteiger partial charge in [-0.2, -0.15) is 11.3 Å². The van der Waals surface area contributed by atoms with Crippen LogP contribution in [0.25, 0.3) is 17.3 Å². The molecule has 186 valence electrons. The third-order valence-electron chi connectivity index (χ3n) is 6.18. The lowest BCUT2D eigenvalue weighted by Gasteiger charge is -2.32. The number of carbonyl (C=O) groups is 2. The summed E-state index contributed by atoms with van der Waals surface area (Å²) in [5.41, 5.74) is 3.60. The summed E-state index contributed by atoms with van der Waals surface area (Å²) < 4.78 is 5.52. The number of thiophene rings is 1. The molecule has 0 bridgehead atoms. The second-order valence-corrected chi connectivity index (χ2v) is 10.3. The Balaban J connectivity index is 1.14. The van der Waals surface area contributed by atoms with E-state index >= 15 is 0 Å². The third kappa shape index (κ3) is 5.75. The van der Waals surface area contributed by atoms with Crippen molar-refractivity contribution in [3.8, 4) is 17.0 Å². The molecule has 0 radical (unpaired) electrons. The topological polar surface area (TPSA) is 109 Å². The van der Waals surface area contributed by atoms with E-state index in [0.717, 1.165) is 66.9 Å². The molecule has 0 saturated carbocycles. The molecule has 0 atom stereocenters. The number of imide groups is 1. The summed E-state index contributed by atoms with van der Waals surface area (Å²) in [6, 6.07) is 7.79. The van der Waals surface area contributed by atoms with Crippen LogP contribution >= 0.6 is 23.1 Å². The minimum atomic E-state index is -0.385. The zero-order valence-corrected chi connectivity index (χ0v) is 21.4. The van der Waals surface area contributed by atoms with Gasteiger partial charge in [0.2, 0.25) is 5.95 Å². The largest absolute Gasteiger partial charge is 0.495 e. The van der Waals surface area contributed by atoms with Crippen molar-refractivity contribution in [3.05, 3.63) is 57.5 Å². The maximum atomic E-state index is 11.8. The Kier molecular flexibility index (Phi) is 7.59. The first-order valence-corrected chi connectivity index (χ1v) is 13.4. The Labute approximate surface area is 217 Å². The van der Waals surface area contributed by atoms with Crippen molar-refractivity contribution in [2.24, 2.45) is 5.92 Å². The lowest BCUT2D eigenvalue weighted by atomic mass is 9.97. The van der Waals surface area contributed by atoms with E-state index in [1.54, 1.807) is 36.8 Å². The molecule has 9 nitrogen and oxygen atoms in total. The number of pyridine rings is 1. The molecule has 36 heavy (non-hydrogen) atoms. The number of piperidine rings is 1. The van der Waals surface area contributed by atoms with E-state index in [2.05, 4.69) is 42.3 Å². The van der Waals surface area contributed by atoms with Crippen LogP contribution in [0.3, 0.4) is 0 Å². The van der Waals surface area contributed by atoms with Gasteiger partial charge in [-0.25, -0.2) is 15.0 Å². The highest BCUT2D eigenvalue weighted by Gasteiger charge is 2.26. The van der Waals surface area contributed by atoms with E-state index in [1.807, 2.05) is 12.1 Å². The van der Waals surface area contributed by atoms with Crippen molar-refractivity contribution in [2.45, 2.75) is 19.4 Å². The molecule has 3 aromatic heterocycles. The molecule has 2 aliphatic rings. The first-order chi connectivity index (χ1) is 17.6. The third-order valence-corrected chi connectivity index (χ3v) is 7.67. The summed E-state index contributed by atoms with van der Waals surface area (Å²) in [5, 5.41) is 9.62. The molecule has 2 saturated heterocycles. The Bertz CT molecular complexity index is 1270. The second kappa shape index (κ2) is 11.2. The SMILES string of the molecule is COc1ccc(-c2ccsc2)nc1CNCC1CCN(c2nccc(/C=C3\SC(=O)NC3=O)n2)CC1. The van der Waals surface area contributed by atoms with E-state index in [-0.39, 0.29) is 11.1 Å². The first-order valence-electron chi connectivity index (χ1n) is 11.7. The number of methoxy groups -OCH3 is 1. The molecule has 2 fully saturated rings. The minimum absolute atomic E-state index is 0.349. The number of rotatable bonds is 8. The Hall–Kier alpha value is -3.28. The van der Waals surface area contributed by atoms with E-state index in [9.17, 15) is 9.59 Å². The Morgan fingerprint density at radius 3 is 2.78 bits per heavy atom. The molecule has 2 amide bonds. The smallest absolute Gasteiger partial charge is 0.290 e. The van der Waals surface area contributed by atoms with Crippen LogP contribution in [0.4, 0.5) is 10.7 Å². The van der Waals surface area contributed by atoms with Crippen LogP contribution < -0.4 is 20.3 Å². The Morgan fingerprint density at radius 2 is 2.06 bits per heavy atom. The average Bonchev–Trinajstić information content (AvgIpc) is 3.54. The highest BCUT2D eigenvalue weighted by Crippen LogP contribution is 2.27. The van der Waals surface area contributed by atoms with E-state index in [4.69, 9.17) is 9.72 Å². The van der Waals surface area contributed by atoms with Gasteiger partial charge >= 0.3 is 0 Å². The van der Waals surface area contributed by atoms with Crippen LogP contribution in [0.1, 0.15) is 24.2 Å². The van der Waals surface area contributed by atoms with Gasteiger partial charge in [0.1, 0.15) is 5.75 Å². The monoisotopic (exact) mass is 522 g/mol. The molecule has 0 spiro atoms. The predicted molar refractivity (Wildman–Crippen MR) is 142 cm³/mol. The van der Waals surface area contributed by atoms with Crippen LogP contribution in [0, 0.1) is 5.92 Å². The molecule has 0 aromatic carbocycles. The fourth-order valence-corrected chi connectivity index (χ4v) is 5.57. The number of thioether (sulfide) groups is 1. The van der Waals surface area contributed by atoms with Gasteiger partial charge < -0.3 is 15.0 Å². The van der Waals surface area contributed by atoms with Crippen molar-refractivity contribution in [1.82, 2.24) is 25.6 Å². The molecule has 5 rings (SSSR count). The number of nitrogens with zero attached hydrogens (tertiary/aromatic N) is 4. The molecule has 5 heterocycles. The van der Waals surface area contributed by atoms with Crippen LogP contribution in [0.15, 0.2) is 46.1 Å². The summed E-state index contributed by atoms with van der Waals surface area (Å²) in [7, 11) is 1.68. The summed E-state index contributed by atoms with van der Waals surface area (Å²) in [5.74, 6) is 1.59. The van der Waals surface area contributed by atoms with Gasteiger partial charge in [0.15, 0.2) is 0 Å². The molecule has 2 aliphatic heterocycles. The fraction of sp³-hybridized carbons (Fsp3) is 0.320. The van der Waals surface area contributed by atoms with Crippen molar-refractivity contribution in [2.75, 3.05) is 31.6 Å². The van der Waals surface area contributed by atoms with Gasteiger partial charge in [-0.05, 0) is 72.8 Å². The Morgan fingerprint density at radius 1 is 1.19 bits per heavy atom. The zero-order chi connectivity index (χ0) is 24.9. The number of nitrogens with one attached hydrogen (secondary N) is 2. The highest BCUT2D eigenvalue weighted by molar-refractivity contribution is 8.18. The van der Waals surface area contributed by atoms with Crippen molar-refractivity contribution >= 4 is 46.3 Å². The van der Waals surface area contributed by atoms with Crippen LogP contribution in [-0.4, -0.2) is 52.8 Å². The molecular formula is C25H26N6O3S2. The highest BCUT2D eigenvalue weighted by atomic mass is 32.2. The number of carbonyl (C=O) groups excluding carboxylic acids is 2. The molecule has 2 N–H and O–H groups in total. The lowest BCUT2D eigenvalue weighted by molar-refractivity contribution is -0.115. The van der Waals surface area contributed by atoms with Crippen LogP contribution in [-0.2, 0) is 11.3 Å². The normalized spacial score (nSPS) is 17.6. The second-order valence-electron chi connectivity index (χ2n) is 8.55. The van der Waals surface area contributed by atoms with Gasteiger partial charge in [0, 0.05) is 36.8 Å². The fourth-order valence-electron chi connectivity index (χ4n) is 4.25. The minimum Gasteiger partial charge on any atom is -0.495 e. The quantitative estimate of drug-likeness (QED) is 0.425. The van der Waals surface area contributed by atoms with E-state index in [0.29, 0.717) is 29.0 Å². The molecular weight excluding hydrogens is 496 g/mol. The summed E-state index contributed by atoms with van der Waals surface area (Å²) in [6.07, 6.45) is 5.36. The molecule has 11 heteroatoms. The summed E-state index contributed by atoms with van der Waals surface area (Å²) >= 11 is 2.55. The number of aromatic nitrogens is 3. The summed E-state index contributed by atoms with van der Waals surface area (Å²) in [4.78, 5) is 39.5. The van der Waals surface area contributed by atoms with Gasteiger partial charge in [0.25, 0.3) is 11.1 Å². The van der Waals surface area contributed by atoms with Gasteiger partial charge in [0.05, 0.1) is 29.1 Å². The van der Waals surface area contributed by atoms with E-state index in [1.165, 1.54) is 0 Å². The average molecular weight is 523 g/mol. The number of amides is 2. The van der Waals surface area contributed by atoms with Crippen LogP contribution in [0.2, 0.25) is 0 Å². The van der Waals surface area contributed by atoms with Gasteiger partial charge in [-0.1, -0.05) is 0 Å². The standard InChI is InChI=1S/C25H26N6O3S2/c1-34-21-3-2-19(17-7-11-35-15-17)29-20(21)14-26-13-16-5-9-31(10-6-16)24-27-8-4-18(28-24)12-22-23(32)30-25(33)36-22/h2-4,7-8,11-12,15-16,26H,5-6,9-10,13-14H2,1H3,(H,30,32,33)/b22-12-. The first kappa shape index (κ1) is 24.4. The van der Waals surface area contributed by atoms with Crippen molar-refractivity contribution in [1.29, 1.82) is 0 Å². The number of hydrogen-bond acceptors (Lipinski definition) is 10. The number of hydrogen-bond donors (Lipinski definition) is 2. The maximum absolute atomic E-state index is 11.8. The molecule has 3 aromatic rings. The molecule has 0 aliphatic carbocycles. The van der Waals surface area contributed by atoms with Crippen molar-refractivity contribution in [3.63, 3.8) is 0 Å². The van der Waals surface area contributed by atoms with E-state index < -0.39 is 0 Å². The lowest BCUT2D eigenvalue weighted by Crippen LogP contribution is -2.38. The van der Waals surface area contributed by atoms with Gasteiger partial charge in [-0.15, -0.1) is 0 Å². The molecule has 0 unspecified atom stereocenters. The summed E-state index contributed by atoms with van der Waals surface area (Å²) in [6.45, 7) is 3.26. The maximum Gasteiger partial charge on any atom is 0.290 e. The predicted octanol–water partition coefficient (Wildman–Crippen LogP) is 3.94. The van der Waals surface area contributed by atoms with Gasteiger partial charge in [-0.3, -0.25) is 14.9 Å². The zero-order valence-electron chi connectivity index (χ0n) is 19.8. The van der Waals surface area contributed by atoms with Crippen LogP contribution in [0.5, 0.6) is 5.75 Å². The van der Waals surface area contributed by atoms with Crippen molar-refractivity contribution < 1.29 is 14.3 Å². The number of ether oxygens (including phenoxy) is 1. The number of anilines is 1.